The number of aryl methyl sites for hydroxylation is 1. The highest BCUT2D eigenvalue weighted by atomic mass is 32.1. The minimum absolute atomic E-state index is 0.0650. The summed E-state index contributed by atoms with van der Waals surface area (Å²) in [4.78, 5) is 27.1. The first-order valence-electron chi connectivity index (χ1n) is 12.2. The van der Waals surface area contributed by atoms with Crippen LogP contribution in [0.2, 0.25) is 0 Å². The first-order chi connectivity index (χ1) is 18.0. The van der Waals surface area contributed by atoms with Crippen LogP contribution in [-0.4, -0.2) is 56.6 Å². The number of hydrogen-bond acceptors (Lipinski definition) is 7. The Morgan fingerprint density at radius 2 is 1.95 bits per heavy atom. The normalized spacial score (nSPS) is 14.9. The van der Waals surface area contributed by atoms with Crippen molar-refractivity contribution in [3.05, 3.63) is 82.1 Å². The number of hydrogen-bond donors (Lipinski definition) is 1. The molecule has 0 radical (unpaired) electrons. The van der Waals surface area contributed by atoms with E-state index in [4.69, 9.17) is 4.98 Å². The average molecular weight is 516 g/mol. The predicted molar refractivity (Wildman–Crippen MR) is 144 cm³/mol. The Hall–Kier alpha value is -4.05. The van der Waals surface area contributed by atoms with E-state index in [1.165, 1.54) is 17.4 Å². The molecule has 1 aliphatic heterocycles. The van der Waals surface area contributed by atoms with Crippen LogP contribution in [-0.2, 0) is 0 Å². The molecular weight excluding hydrogens is 489 g/mol. The number of amides is 1. The second kappa shape index (κ2) is 9.44. The van der Waals surface area contributed by atoms with Crippen molar-refractivity contribution >= 4 is 45.4 Å². The molecule has 0 spiro atoms. The number of aromatic nitrogens is 4. The van der Waals surface area contributed by atoms with Crippen LogP contribution in [0.5, 0.6) is 0 Å². The fraction of sp³-hybridized carbons (Fsp3) is 0.259. The third kappa shape index (κ3) is 4.27. The molecule has 37 heavy (non-hydrogen) atoms. The molecule has 5 heterocycles. The molecule has 1 saturated heterocycles. The van der Waals surface area contributed by atoms with Crippen molar-refractivity contribution in [2.45, 2.75) is 19.9 Å². The SMILES string of the molecule is Cc1c(F)ccc2cc([C@H](C)Nc3ccnc4ccnn34)c(N3CCN(C(=O)c4cccs4)CC3)nc12. The van der Waals surface area contributed by atoms with Crippen molar-refractivity contribution < 1.29 is 9.18 Å². The molecule has 5 aromatic rings. The zero-order valence-electron chi connectivity index (χ0n) is 20.6. The van der Waals surface area contributed by atoms with E-state index in [9.17, 15) is 9.18 Å². The van der Waals surface area contributed by atoms with E-state index in [1.54, 1.807) is 29.9 Å². The summed E-state index contributed by atoms with van der Waals surface area (Å²) >= 11 is 1.46. The third-order valence-corrected chi connectivity index (χ3v) is 7.76. The maximum absolute atomic E-state index is 14.4. The Labute approximate surface area is 217 Å². The summed E-state index contributed by atoms with van der Waals surface area (Å²) in [5.74, 6) is 1.41. The molecule has 0 unspecified atom stereocenters. The van der Waals surface area contributed by atoms with E-state index < -0.39 is 0 Å². The standard InChI is InChI=1S/C27H26FN7OS/c1-17-21(28)6-5-19-16-20(18(2)31-24-7-9-29-23-8-10-30-35(23)24)26(32-25(17)19)33-11-13-34(14-12-33)27(36)22-4-3-15-37-22/h3-10,15-16,18,31H,11-14H2,1-2H3/t18-/m0/s1. The van der Waals surface area contributed by atoms with Crippen molar-refractivity contribution in [2.24, 2.45) is 0 Å². The number of thiophene rings is 1. The van der Waals surface area contributed by atoms with Gasteiger partial charge in [-0.2, -0.15) is 9.61 Å². The molecule has 0 aliphatic carbocycles. The van der Waals surface area contributed by atoms with Crippen LogP contribution in [0.3, 0.4) is 0 Å². The lowest BCUT2D eigenvalue weighted by atomic mass is 10.0. The molecule has 1 amide bonds. The zero-order chi connectivity index (χ0) is 25.5. The summed E-state index contributed by atoms with van der Waals surface area (Å²) in [5, 5.41) is 10.7. The van der Waals surface area contributed by atoms with Gasteiger partial charge in [0.1, 0.15) is 17.5 Å². The average Bonchev–Trinajstić information content (AvgIpc) is 3.63. The van der Waals surface area contributed by atoms with Crippen molar-refractivity contribution in [3.63, 3.8) is 0 Å². The largest absolute Gasteiger partial charge is 0.363 e. The molecule has 4 aromatic heterocycles. The molecule has 6 rings (SSSR count). The quantitative estimate of drug-likeness (QED) is 0.358. The molecule has 0 bridgehead atoms. The van der Waals surface area contributed by atoms with E-state index in [0.29, 0.717) is 37.3 Å². The first kappa shape index (κ1) is 23.4. The smallest absolute Gasteiger partial charge is 0.264 e. The molecular formula is C27H26FN7OS. The summed E-state index contributed by atoms with van der Waals surface area (Å²) < 4.78 is 16.2. The minimum Gasteiger partial charge on any atom is -0.363 e. The molecule has 1 N–H and O–H groups in total. The van der Waals surface area contributed by atoms with Gasteiger partial charge in [0, 0.05) is 55.0 Å². The molecule has 8 nitrogen and oxygen atoms in total. The Bertz CT molecular complexity index is 1590. The number of nitrogens with one attached hydrogen (secondary N) is 1. The van der Waals surface area contributed by atoms with Crippen molar-refractivity contribution in [1.82, 2.24) is 24.5 Å². The highest BCUT2D eigenvalue weighted by Gasteiger charge is 2.27. The number of carbonyl (C=O) groups is 1. The molecule has 0 saturated carbocycles. The fourth-order valence-electron chi connectivity index (χ4n) is 4.86. The van der Waals surface area contributed by atoms with Crippen LogP contribution >= 0.6 is 11.3 Å². The number of anilines is 2. The Kier molecular flexibility index (Phi) is 5.96. The summed E-state index contributed by atoms with van der Waals surface area (Å²) in [7, 11) is 0. The summed E-state index contributed by atoms with van der Waals surface area (Å²) in [6.07, 6.45) is 3.47. The summed E-state index contributed by atoms with van der Waals surface area (Å²) in [5.41, 5.74) is 2.94. The Morgan fingerprint density at radius 1 is 1.11 bits per heavy atom. The van der Waals surface area contributed by atoms with Crippen molar-refractivity contribution in [2.75, 3.05) is 36.4 Å². The molecule has 1 atom stereocenters. The Balaban J connectivity index is 1.34. The lowest BCUT2D eigenvalue weighted by molar-refractivity contribution is 0.0751. The van der Waals surface area contributed by atoms with E-state index >= 15 is 0 Å². The maximum Gasteiger partial charge on any atom is 0.264 e. The van der Waals surface area contributed by atoms with Crippen LogP contribution in [0.1, 0.15) is 33.8 Å². The van der Waals surface area contributed by atoms with Crippen molar-refractivity contribution in [1.29, 1.82) is 0 Å². The molecule has 10 heteroatoms. The number of benzene rings is 1. The highest BCUT2D eigenvalue weighted by molar-refractivity contribution is 7.12. The van der Waals surface area contributed by atoms with Crippen LogP contribution < -0.4 is 10.2 Å². The Morgan fingerprint density at radius 3 is 2.73 bits per heavy atom. The topological polar surface area (TPSA) is 78.7 Å². The van der Waals surface area contributed by atoms with Gasteiger partial charge in [-0.05, 0) is 49.6 Å². The number of halogens is 1. The number of nitrogens with zero attached hydrogens (tertiary/aromatic N) is 6. The monoisotopic (exact) mass is 515 g/mol. The zero-order valence-corrected chi connectivity index (χ0v) is 21.4. The van der Waals surface area contributed by atoms with E-state index in [-0.39, 0.29) is 17.8 Å². The van der Waals surface area contributed by atoms with Gasteiger partial charge in [0.2, 0.25) is 0 Å². The van der Waals surface area contributed by atoms with Gasteiger partial charge in [-0.3, -0.25) is 4.79 Å². The number of pyridine rings is 1. The van der Waals surface area contributed by atoms with Gasteiger partial charge in [0.15, 0.2) is 5.65 Å². The van der Waals surface area contributed by atoms with Crippen LogP contribution in [0.25, 0.3) is 16.6 Å². The van der Waals surface area contributed by atoms with Gasteiger partial charge >= 0.3 is 0 Å². The summed E-state index contributed by atoms with van der Waals surface area (Å²) in [6.45, 7) is 6.31. The molecule has 1 fully saturated rings. The van der Waals surface area contributed by atoms with Gasteiger partial charge < -0.3 is 15.1 Å². The highest BCUT2D eigenvalue weighted by Crippen LogP contribution is 2.33. The van der Waals surface area contributed by atoms with Crippen LogP contribution in [0, 0.1) is 12.7 Å². The van der Waals surface area contributed by atoms with Gasteiger partial charge in [-0.1, -0.05) is 6.07 Å². The number of carbonyl (C=O) groups excluding carboxylic acids is 1. The molecule has 1 aliphatic rings. The predicted octanol–water partition coefficient (Wildman–Crippen LogP) is 4.92. The molecule has 188 valence electrons. The van der Waals surface area contributed by atoms with E-state index in [0.717, 1.165) is 33.1 Å². The van der Waals surface area contributed by atoms with Gasteiger partial charge in [-0.15, -0.1) is 11.3 Å². The van der Waals surface area contributed by atoms with Crippen LogP contribution in [0.15, 0.2) is 60.2 Å². The second-order valence-corrected chi connectivity index (χ2v) is 10.1. The first-order valence-corrected chi connectivity index (χ1v) is 13.1. The second-order valence-electron chi connectivity index (χ2n) is 9.20. The third-order valence-electron chi connectivity index (χ3n) is 6.90. The van der Waals surface area contributed by atoms with Crippen molar-refractivity contribution in [3.8, 4) is 0 Å². The van der Waals surface area contributed by atoms with E-state index in [1.807, 2.05) is 34.5 Å². The number of piperazine rings is 1. The lowest BCUT2D eigenvalue weighted by Crippen LogP contribution is -2.49. The fourth-order valence-corrected chi connectivity index (χ4v) is 5.55. The minimum atomic E-state index is -0.269. The summed E-state index contributed by atoms with van der Waals surface area (Å²) in [6, 6.07) is 12.7. The maximum atomic E-state index is 14.4. The van der Waals surface area contributed by atoms with Crippen LogP contribution in [0.4, 0.5) is 16.0 Å². The van der Waals surface area contributed by atoms with E-state index in [2.05, 4.69) is 33.3 Å². The lowest BCUT2D eigenvalue weighted by Gasteiger charge is -2.37. The number of rotatable bonds is 5. The van der Waals surface area contributed by atoms with Gasteiger partial charge in [0.05, 0.1) is 22.6 Å². The van der Waals surface area contributed by atoms with Gasteiger partial charge in [-0.25, -0.2) is 14.4 Å². The molecule has 1 aromatic carbocycles. The number of fused-ring (bicyclic) bond motifs is 2. The van der Waals surface area contributed by atoms with Gasteiger partial charge in [0.25, 0.3) is 5.91 Å².